The molecule has 0 unspecified atom stereocenters. The van der Waals surface area contributed by atoms with Crippen LogP contribution in [0, 0.1) is 0 Å². The molecule has 1 aromatic heterocycles. The third kappa shape index (κ3) is 4.86. The van der Waals surface area contributed by atoms with Crippen molar-refractivity contribution in [3.05, 3.63) is 81.8 Å². The lowest BCUT2D eigenvalue weighted by Gasteiger charge is -2.13. The van der Waals surface area contributed by atoms with Gasteiger partial charge >= 0.3 is 6.01 Å². The van der Waals surface area contributed by atoms with Gasteiger partial charge in [0, 0.05) is 15.7 Å². The van der Waals surface area contributed by atoms with Gasteiger partial charge in [-0.05, 0) is 35.9 Å². The van der Waals surface area contributed by atoms with Crippen molar-refractivity contribution in [1.29, 1.82) is 0 Å². The highest BCUT2D eigenvalue weighted by molar-refractivity contribution is 7.99. The number of carbonyl (C=O) groups is 1. The Balaban J connectivity index is 1.72. The summed E-state index contributed by atoms with van der Waals surface area (Å²) in [4.78, 5) is 16.1. The van der Waals surface area contributed by atoms with Gasteiger partial charge in [0.15, 0.2) is 5.58 Å². The van der Waals surface area contributed by atoms with Gasteiger partial charge < -0.3 is 10.2 Å². The number of sulfonamides is 1. The van der Waals surface area contributed by atoms with E-state index >= 15 is 0 Å². The van der Waals surface area contributed by atoms with Crippen molar-refractivity contribution in [3.63, 3.8) is 0 Å². The Hall–Kier alpha value is -2.72. The van der Waals surface area contributed by atoms with Crippen molar-refractivity contribution in [3.8, 4) is 0 Å². The van der Waals surface area contributed by atoms with Crippen LogP contribution in [0.25, 0.3) is 11.1 Å². The Morgan fingerprint density at radius 2 is 1.84 bits per heavy atom. The Bertz CT molecular complexity index is 1420. The lowest BCUT2D eigenvalue weighted by Crippen LogP contribution is -2.17. The fourth-order valence-corrected chi connectivity index (χ4v) is 5.83. The van der Waals surface area contributed by atoms with Crippen LogP contribution >= 0.6 is 35.0 Å². The number of benzene rings is 3. The first kappa shape index (κ1) is 22.5. The molecular weight excluding hydrogens is 493 g/mol. The number of oxazole rings is 1. The number of aromatic nitrogens is 1. The number of primary amides is 1. The molecular formula is C21H15Cl2N3O4S2. The maximum absolute atomic E-state index is 13.2. The first-order valence-electron chi connectivity index (χ1n) is 9.12. The number of anilines is 1. The zero-order chi connectivity index (χ0) is 22.9. The summed E-state index contributed by atoms with van der Waals surface area (Å²) in [6, 6.07) is 16.6. The zero-order valence-corrected chi connectivity index (χ0v) is 19.4. The number of nitrogens with two attached hydrogens (primary N) is 1. The lowest BCUT2D eigenvalue weighted by molar-refractivity contribution is 0.1000. The number of thioether (sulfide) groups is 1. The first-order chi connectivity index (χ1) is 15.2. The molecule has 0 radical (unpaired) electrons. The molecule has 4 aromatic rings. The normalized spacial score (nSPS) is 11.6. The lowest BCUT2D eigenvalue weighted by atomic mass is 10.2. The molecule has 0 fully saturated rings. The maximum atomic E-state index is 13.2. The molecule has 0 aliphatic heterocycles. The van der Waals surface area contributed by atoms with Crippen LogP contribution in [-0.2, 0) is 15.8 Å². The minimum Gasteiger partial charge on any atom is -0.423 e. The highest BCUT2D eigenvalue weighted by atomic mass is 35.5. The van der Waals surface area contributed by atoms with Gasteiger partial charge in [0.1, 0.15) is 10.4 Å². The smallest absolute Gasteiger partial charge is 0.309 e. The molecule has 164 valence electrons. The minimum absolute atomic E-state index is 0.0588. The van der Waals surface area contributed by atoms with Crippen LogP contribution in [0.2, 0.25) is 10.0 Å². The van der Waals surface area contributed by atoms with Crippen molar-refractivity contribution in [2.45, 2.75) is 15.5 Å². The van der Waals surface area contributed by atoms with Gasteiger partial charge in [-0.2, -0.15) is 4.98 Å². The Labute approximate surface area is 198 Å². The van der Waals surface area contributed by atoms with E-state index in [9.17, 15) is 13.2 Å². The summed E-state index contributed by atoms with van der Waals surface area (Å²) < 4.78 is 34.2. The fraction of sp³-hybridized carbons (Fsp3) is 0.0476. The highest BCUT2D eigenvalue weighted by Crippen LogP contribution is 2.35. The summed E-state index contributed by atoms with van der Waals surface area (Å²) >= 11 is 13.4. The van der Waals surface area contributed by atoms with Crippen molar-refractivity contribution in [1.82, 2.24) is 4.98 Å². The molecule has 3 N–H and O–H groups in total. The van der Waals surface area contributed by atoms with Gasteiger partial charge in [-0.3, -0.25) is 4.79 Å². The number of fused-ring (bicyclic) bond motifs is 1. The molecule has 4 rings (SSSR count). The van der Waals surface area contributed by atoms with Crippen LogP contribution in [0.15, 0.2) is 74.9 Å². The predicted molar refractivity (Wildman–Crippen MR) is 126 cm³/mol. The van der Waals surface area contributed by atoms with Crippen LogP contribution in [0.3, 0.4) is 0 Å². The molecule has 1 heterocycles. The summed E-state index contributed by atoms with van der Waals surface area (Å²) in [5.41, 5.74) is 7.00. The molecule has 0 aliphatic carbocycles. The zero-order valence-electron chi connectivity index (χ0n) is 16.2. The Morgan fingerprint density at radius 3 is 2.56 bits per heavy atom. The van der Waals surface area contributed by atoms with E-state index in [1.165, 1.54) is 17.8 Å². The van der Waals surface area contributed by atoms with E-state index in [-0.39, 0.29) is 21.5 Å². The average molecular weight is 508 g/mol. The Kier molecular flexibility index (Phi) is 6.34. The third-order valence-electron chi connectivity index (χ3n) is 4.40. The molecule has 3 aromatic carbocycles. The molecule has 32 heavy (non-hydrogen) atoms. The number of nitrogens with one attached hydrogen (secondary N) is 1. The van der Waals surface area contributed by atoms with Crippen LogP contribution in [0.1, 0.15) is 15.9 Å². The molecule has 0 spiro atoms. The SMILES string of the molecule is NC(=O)c1cc(S(=O)(=O)Nc2nc3cc(Cl)ccc3o2)c(SCc2ccccc2)cc1Cl. The summed E-state index contributed by atoms with van der Waals surface area (Å²) in [6.07, 6.45) is 0. The highest BCUT2D eigenvalue weighted by Gasteiger charge is 2.25. The molecule has 0 atom stereocenters. The Morgan fingerprint density at radius 1 is 1.09 bits per heavy atom. The van der Waals surface area contributed by atoms with E-state index in [1.807, 2.05) is 30.3 Å². The topological polar surface area (TPSA) is 115 Å². The van der Waals surface area contributed by atoms with Gasteiger partial charge in [0.25, 0.3) is 10.0 Å². The van der Waals surface area contributed by atoms with E-state index in [1.54, 1.807) is 18.2 Å². The largest absolute Gasteiger partial charge is 0.423 e. The van der Waals surface area contributed by atoms with Crippen molar-refractivity contribution in [2.24, 2.45) is 5.73 Å². The van der Waals surface area contributed by atoms with E-state index in [4.69, 9.17) is 33.4 Å². The summed E-state index contributed by atoms with van der Waals surface area (Å²) in [6.45, 7) is 0. The second-order valence-electron chi connectivity index (χ2n) is 6.65. The molecule has 0 bridgehead atoms. The second kappa shape index (κ2) is 9.03. The second-order valence-corrected chi connectivity index (χ2v) is 10.2. The third-order valence-corrected chi connectivity index (χ3v) is 7.56. The van der Waals surface area contributed by atoms with Gasteiger partial charge in [0.05, 0.1) is 10.6 Å². The average Bonchev–Trinajstić information content (AvgIpc) is 3.13. The van der Waals surface area contributed by atoms with E-state index < -0.39 is 15.9 Å². The van der Waals surface area contributed by atoms with Crippen LogP contribution in [0.4, 0.5) is 6.01 Å². The molecule has 0 saturated carbocycles. The number of hydrogen-bond acceptors (Lipinski definition) is 6. The summed E-state index contributed by atoms with van der Waals surface area (Å²) in [7, 11) is -4.21. The number of halogens is 2. The van der Waals surface area contributed by atoms with E-state index in [0.29, 0.717) is 26.8 Å². The molecule has 11 heteroatoms. The summed E-state index contributed by atoms with van der Waals surface area (Å²) in [5.74, 6) is -0.362. The first-order valence-corrected chi connectivity index (χ1v) is 12.3. The van der Waals surface area contributed by atoms with Gasteiger partial charge in [0.2, 0.25) is 5.91 Å². The fourth-order valence-electron chi connectivity index (χ4n) is 2.90. The standard InChI is InChI=1S/C21H15Cl2N3O4S2/c22-13-6-7-17-16(8-13)25-21(30-17)26-32(28,29)19-9-14(20(24)27)15(23)10-18(19)31-11-12-4-2-1-3-5-12/h1-10H,11H2,(H2,24,27)(H,25,26). The van der Waals surface area contributed by atoms with Gasteiger partial charge in [-0.25, -0.2) is 13.1 Å². The summed E-state index contributed by atoms with van der Waals surface area (Å²) in [5, 5.41) is 0.493. The number of amides is 1. The van der Waals surface area contributed by atoms with Gasteiger partial charge in [-0.1, -0.05) is 53.5 Å². The van der Waals surface area contributed by atoms with Crippen LogP contribution in [0.5, 0.6) is 0 Å². The van der Waals surface area contributed by atoms with E-state index in [0.717, 1.165) is 11.6 Å². The molecule has 7 nitrogen and oxygen atoms in total. The van der Waals surface area contributed by atoms with Gasteiger partial charge in [-0.15, -0.1) is 11.8 Å². The monoisotopic (exact) mass is 507 g/mol. The number of hydrogen-bond donors (Lipinski definition) is 2. The molecule has 0 aliphatic rings. The number of rotatable bonds is 7. The number of carbonyl (C=O) groups excluding carboxylic acids is 1. The maximum Gasteiger partial charge on any atom is 0.309 e. The van der Waals surface area contributed by atoms with Crippen molar-refractivity contribution in [2.75, 3.05) is 4.72 Å². The van der Waals surface area contributed by atoms with Crippen LogP contribution < -0.4 is 10.5 Å². The molecule has 0 saturated heterocycles. The minimum atomic E-state index is -4.21. The quantitative estimate of drug-likeness (QED) is 0.326. The predicted octanol–water partition coefficient (Wildman–Crippen LogP) is 5.33. The van der Waals surface area contributed by atoms with E-state index in [2.05, 4.69) is 9.71 Å². The van der Waals surface area contributed by atoms with Crippen LogP contribution in [-0.4, -0.2) is 19.3 Å². The van der Waals surface area contributed by atoms with Crippen molar-refractivity contribution >= 4 is 68.0 Å². The number of nitrogens with zero attached hydrogens (tertiary/aromatic N) is 1. The molecule has 1 amide bonds. The van der Waals surface area contributed by atoms with Crippen molar-refractivity contribution < 1.29 is 17.6 Å².